The van der Waals surface area contributed by atoms with Gasteiger partial charge in [-0.05, 0) is 33.6 Å². The highest BCUT2D eigenvalue weighted by molar-refractivity contribution is 5.69. The number of carbonyl (C=O) groups is 2. The van der Waals surface area contributed by atoms with Crippen LogP contribution in [0.5, 0.6) is 0 Å². The molecule has 0 fully saturated rings. The van der Waals surface area contributed by atoms with Gasteiger partial charge in [0.25, 0.3) is 0 Å². The second-order valence-corrected chi connectivity index (χ2v) is 4.94. The van der Waals surface area contributed by atoms with Crippen molar-refractivity contribution in [3.05, 3.63) is 0 Å². The average molecular weight is 246 g/mol. The van der Waals surface area contributed by atoms with Gasteiger partial charge in [-0.3, -0.25) is 9.59 Å². The predicted octanol–water partition coefficient (Wildman–Crippen LogP) is 1.42. The highest BCUT2D eigenvalue weighted by Crippen LogP contribution is 2.10. The Hall–Kier alpha value is -1.10. The van der Waals surface area contributed by atoms with Crippen LogP contribution in [0.1, 0.15) is 47.0 Å². The zero-order chi connectivity index (χ0) is 13.5. The molecule has 0 aliphatic carbocycles. The molecule has 0 radical (unpaired) electrons. The van der Waals surface area contributed by atoms with Gasteiger partial charge in [-0.1, -0.05) is 0 Å². The lowest BCUT2D eigenvalue weighted by Crippen LogP contribution is -2.24. The molecule has 17 heavy (non-hydrogen) atoms. The number of rotatable bonds is 6. The molecule has 1 atom stereocenters. The van der Waals surface area contributed by atoms with E-state index in [0.717, 1.165) is 0 Å². The number of aliphatic hydroxyl groups is 1. The summed E-state index contributed by atoms with van der Waals surface area (Å²) in [5.41, 5.74) is -0.479. The highest BCUT2D eigenvalue weighted by atomic mass is 16.6. The van der Waals surface area contributed by atoms with Crippen LogP contribution in [0, 0.1) is 0 Å². The summed E-state index contributed by atoms with van der Waals surface area (Å²) in [7, 11) is 0. The maximum Gasteiger partial charge on any atom is 0.306 e. The lowest BCUT2D eigenvalue weighted by molar-refractivity contribution is -0.155. The van der Waals surface area contributed by atoms with Gasteiger partial charge in [0.15, 0.2) is 0 Å². The molecule has 100 valence electrons. The summed E-state index contributed by atoms with van der Waals surface area (Å²) in [5.74, 6) is -0.701. The standard InChI is InChI=1S/C12H22O5/c1-9(13)16-8-10(14)6-5-7-11(15)17-12(2,3)4/h10,14H,5-8H2,1-4H3/t10-/m0/s1. The SMILES string of the molecule is CC(=O)OC[C@@H](O)CCCC(=O)OC(C)(C)C. The Morgan fingerprint density at radius 1 is 1.29 bits per heavy atom. The van der Waals surface area contributed by atoms with Crippen LogP contribution >= 0.6 is 0 Å². The molecule has 0 aliphatic rings. The average Bonchev–Trinajstić information content (AvgIpc) is 2.11. The summed E-state index contributed by atoms with van der Waals surface area (Å²) >= 11 is 0. The van der Waals surface area contributed by atoms with Gasteiger partial charge in [-0.15, -0.1) is 0 Å². The van der Waals surface area contributed by atoms with Gasteiger partial charge in [0, 0.05) is 13.3 Å². The van der Waals surface area contributed by atoms with E-state index in [0.29, 0.717) is 12.8 Å². The molecule has 5 nitrogen and oxygen atoms in total. The smallest absolute Gasteiger partial charge is 0.306 e. The van der Waals surface area contributed by atoms with E-state index in [9.17, 15) is 14.7 Å². The molecule has 0 saturated carbocycles. The minimum absolute atomic E-state index is 0.0242. The van der Waals surface area contributed by atoms with Gasteiger partial charge in [-0.25, -0.2) is 0 Å². The molecule has 0 bridgehead atoms. The van der Waals surface area contributed by atoms with Crippen LogP contribution in [-0.2, 0) is 19.1 Å². The van der Waals surface area contributed by atoms with E-state index in [2.05, 4.69) is 4.74 Å². The summed E-state index contributed by atoms with van der Waals surface area (Å²) in [5, 5.41) is 9.41. The van der Waals surface area contributed by atoms with E-state index in [1.54, 1.807) is 20.8 Å². The largest absolute Gasteiger partial charge is 0.463 e. The molecule has 0 saturated heterocycles. The maximum atomic E-state index is 11.3. The summed E-state index contributed by atoms with van der Waals surface area (Å²) < 4.78 is 9.75. The Balaban J connectivity index is 3.62. The minimum atomic E-state index is -0.721. The lowest BCUT2D eigenvalue weighted by Gasteiger charge is -2.19. The molecule has 0 spiro atoms. The van der Waals surface area contributed by atoms with Crippen molar-refractivity contribution in [3.8, 4) is 0 Å². The Bertz CT molecular complexity index is 254. The molecule has 5 heteroatoms. The van der Waals surface area contributed by atoms with Gasteiger partial charge >= 0.3 is 11.9 Å². The van der Waals surface area contributed by atoms with Crippen molar-refractivity contribution >= 4 is 11.9 Å². The first-order chi connectivity index (χ1) is 7.70. The second kappa shape index (κ2) is 7.27. The van der Waals surface area contributed by atoms with Crippen LogP contribution < -0.4 is 0 Å². The summed E-state index contributed by atoms with van der Waals surface area (Å²) in [6.07, 6.45) is 0.458. The molecular formula is C12H22O5. The maximum absolute atomic E-state index is 11.3. The van der Waals surface area contributed by atoms with E-state index < -0.39 is 17.7 Å². The van der Waals surface area contributed by atoms with E-state index >= 15 is 0 Å². The molecule has 0 unspecified atom stereocenters. The number of esters is 2. The van der Waals surface area contributed by atoms with Gasteiger partial charge in [0.1, 0.15) is 12.2 Å². The van der Waals surface area contributed by atoms with Crippen LogP contribution in [0.25, 0.3) is 0 Å². The Morgan fingerprint density at radius 2 is 1.88 bits per heavy atom. The van der Waals surface area contributed by atoms with E-state index in [-0.39, 0.29) is 19.0 Å². The fraction of sp³-hybridized carbons (Fsp3) is 0.833. The molecule has 0 aromatic rings. The highest BCUT2D eigenvalue weighted by Gasteiger charge is 2.16. The third-order valence-electron chi connectivity index (χ3n) is 1.82. The van der Waals surface area contributed by atoms with Crippen LogP contribution in [0.15, 0.2) is 0 Å². The van der Waals surface area contributed by atoms with Gasteiger partial charge in [0.05, 0.1) is 6.10 Å². The topological polar surface area (TPSA) is 72.8 Å². The van der Waals surface area contributed by atoms with Gasteiger partial charge in [0.2, 0.25) is 0 Å². The molecule has 0 aliphatic heterocycles. The Kier molecular flexibility index (Phi) is 6.80. The number of ether oxygens (including phenoxy) is 2. The quantitative estimate of drug-likeness (QED) is 0.717. The van der Waals surface area contributed by atoms with Crippen molar-refractivity contribution in [2.24, 2.45) is 0 Å². The van der Waals surface area contributed by atoms with Gasteiger partial charge < -0.3 is 14.6 Å². The van der Waals surface area contributed by atoms with E-state index in [4.69, 9.17) is 4.74 Å². The first-order valence-electron chi connectivity index (χ1n) is 5.74. The Morgan fingerprint density at radius 3 is 2.35 bits per heavy atom. The van der Waals surface area contributed by atoms with Crippen LogP contribution in [0.3, 0.4) is 0 Å². The summed E-state index contributed by atoms with van der Waals surface area (Å²) in [6.45, 7) is 6.68. The van der Waals surface area contributed by atoms with Crippen LogP contribution in [-0.4, -0.2) is 35.4 Å². The summed E-state index contributed by atoms with van der Waals surface area (Å²) in [6, 6.07) is 0. The first kappa shape index (κ1) is 15.9. The van der Waals surface area contributed by atoms with Crippen molar-refractivity contribution < 1.29 is 24.2 Å². The van der Waals surface area contributed by atoms with Crippen molar-refractivity contribution in [2.45, 2.75) is 58.7 Å². The van der Waals surface area contributed by atoms with Crippen LogP contribution in [0.2, 0.25) is 0 Å². The van der Waals surface area contributed by atoms with Crippen molar-refractivity contribution in [3.63, 3.8) is 0 Å². The molecule has 1 N–H and O–H groups in total. The number of hydrogen-bond acceptors (Lipinski definition) is 5. The van der Waals surface area contributed by atoms with Crippen LogP contribution in [0.4, 0.5) is 0 Å². The fourth-order valence-corrected chi connectivity index (χ4v) is 1.17. The zero-order valence-electron chi connectivity index (χ0n) is 11.0. The molecule has 0 rings (SSSR count). The van der Waals surface area contributed by atoms with Gasteiger partial charge in [-0.2, -0.15) is 0 Å². The monoisotopic (exact) mass is 246 g/mol. The zero-order valence-corrected chi connectivity index (χ0v) is 11.0. The molecule has 0 aromatic carbocycles. The van der Waals surface area contributed by atoms with Crippen molar-refractivity contribution in [1.29, 1.82) is 0 Å². The van der Waals surface area contributed by atoms with E-state index in [1.165, 1.54) is 6.92 Å². The molecular weight excluding hydrogens is 224 g/mol. The van der Waals surface area contributed by atoms with Crippen molar-refractivity contribution in [2.75, 3.05) is 6.61 Å². The molecule has 0 aromatic heterocycles. The Labute approximate surface area is 102 Å². The van der Waals surface area contributed by atoms with Crippen molar-refractivity contribution in [1.82, 2.24) is 0 Å². The fourth-order valence-electron chi connectivity index (χ4n) is 1.17. The third kappa shape index (κ3) is 11.2. The predicted molar refractivity (Wildman–Crippen MR) is 62.3 cm³/mol. The minimum Gasteiger partial charge on any atom is -0.463 e. The number of carbonyl (C=O) groups excluding carboxylic acids is 2. The third-order valence-corrected chi connectivity index (χ3v) is 1.82. The van der Waals surface area contributed by atoms with E-state index in [1.807, 2.05) is 0 Å². The summed E-state index contributed by atoms with van der Waals surface area (Å²) in [4.78, 5) is 21.8. The molecule has 0 amide bonds. The normalized spacial score (nSPS) is 13.0. The number of hydrogen-bond donors (Lipinski definition) is 1. The first-order valence-corrected chi connectivity index (χ1v) is 5.74. The lowest BCUT2D eigenvalue weighted by atomic mass is 10.1. The number of aliphatic hydroxyl groups excluding tert-OH is 1. The second-order valence-electron chi connectivity index (χ2n) is 4.94. The molecule has 0 heterocycles.